The van der Waals surface area contributed by atoms with Gasteiger partial charge in [-0.3, -0.25) is 9.48 Å². The second-order valence-electron chi connectivity index (χ2n) is 7.15. The molecule has 1 aromatic rings. The van der Waals surface area contributed by atoms with Gasteiger partial charge in [-0.05, 0) is 50.0 Å². The van der Waals surface area contributed by atoms with Gasteiger partial charge >= 0.3 is 0 Å². The molecule has 3 aliphatic rings. The van der Waals surface area contributed by atoms with E-state index in [-0.39, 0.29) is 0 Å². The lowest BCUT2D eigenvalue weighted by Crippen LogP contribution is -2.22. The highest BCUT2D eigenvalue weighted by Crippen LogP contribution is 2.48. The van der Waals surface area contributed by atoms with Crippen LogP contribution in [0.1, 0.15) is 63.1 Å². The maximum absolute atomic E-state index is 12.5. The van der Waals surface area contributed by atoms with Crippen molar-refractivity contribution in [1.82, 2.24) is 9.78 Å². The Bertz CT molecular complexity index is 501. The molecular formula is C17H24N2O. The van der Waals surface area contributed by atoms with E-state index in [1.54, 1.807) is 0 Å². The molecule has 3 fully saturated rings. The molecule has 108 valence electrons. The summed E-state index contributed by atoms with van der Waals surface area (Å²) in [5, 5.41) is 4.66. The number of nitrogens with zero attached hydrogens (tertiary/aromatic N) is 2. The fourth-order valence-electron chi connectivity index (χ4n) is 4.79. The van der Waals surface area contributed by atoms with E-state index in [1.807, 2.05) is 0 Å². The Morgan fingerprint density at radius 2 is 2.05 bits per heavy atom. The van der Waals surface area contributed by atoms with Gasteiger partial charge in [0.2, 0.25) is 0 Å². The van der Waals surface area contributed by atoms with Crippen molar-refractivity contribution in [3.8, 4) is 0 Å². The molecule has 20 heavy (non-hydrogen) atoms. The van der Waals surface area contributed by atoms with Gasteiger partial charge in [-0.2, -0.15) is 5.10 Å². The third kappa shape index (κ3) is 2.21. The Hall–Kier alpha value is -1.12. The second kappa shape index (κ2) is 5.01. The minimum absolute atomic E-state index is 0.352. The fraction of sp³-hybridized carbons (Fsp3) is 0.765. The zero-order valence-corrected chi connectivity index (χ0v) is 12.1. The Morgan fingerprint density at radius 1 is 1.20 bits per heavy atom. The molecule has 1 heterocycles. The van der Waals surface area contributed by atoms with Crippen LogP contribution in [0.25, 0.3) is 0 Å². The predicted octanol–water partition coefficient (Wildman–Crippen LogP) is 3.55. The number of hydrogen-bond acceptors (Lipinski definition) is 2. The highest BCUT2D eigenvalue weighted by molar-refractivity contribution is 5.83. The highest BCUT2D eigenvalue weighted by atomic mass is 16.1. The molecule has 0 saturated heterocycles. The lowest BCUT2D eigenvalue weighted by molar-refractivity contribution is -0.123. The number of carbonyl (C=O) groups excluding carboxylic acids is 1. The van der Waals surface area contributed by atoms with Crippen LogP contribution in [-0.4, -0.2) is 15.6 Å². The predicted molar refractivity (Wildman–Crippen MR) is 77.4 cm³/mol. The average molecular weight is 272 g/mol. The van der Waals surface area contributed by atoms with E-state index in [1.165, 1.54) is 44.9 Å². The Morgan fingerprint density at radius 3 is 2.75 bits per heavy atom. The van der Waals surface area contributed by atoms with Crippen LogP contribution in [0.4, 0.5) is 0 Å². The Labute approximate surface area is 120 Å². The molecule has 0 aliphatic heterocycles. The number of hydrogen-bond donors (Lipinski definition) is 0. The van der Waals surface area contributed by atoms with Gasteiger partial charge in [0.25, 0.3) is 0 Å². The van der Waals surface area contributed by atoms with Crippen molar-refractivity contribution < 1.29 is 4.79 Å². The topological polar surface area (TPSA) is 34.9 Å². The number of Topliss-reactive ketones (excluding diaryl/α,β-unsaturated/α-hetero) is 1. The van der Waals surface area contributed by atoms with Gasteiger partial charge < -0.3 is 0 Å². The smallest absolute Gasteiger partial charge is 0.142 e. The van der Waals surface area contributed by atoms with E-state index in [2.05, 4.69) is 22.0 Å². The minimum Gasteiger partial charge on any atom is -0.299 e. The molecule has 1 aromatic heterocycles. The summed E-state index contributed by atoms with van der Waals surface area (Å²) in [6.07, 6.45) is 12.9. The number of fused-ring (bicyclic) bond motifs is 2. The molecule has 0 aromatic carbocycles. The first-order valence-corrected chi connectivity index (χ1v) is 8.36. The second-order valence-corrected chi connectivity index (χ2v) is 7.15. The number of ketones is 1. The van der Waals surface area contributed by atoms with Gasteiger partial charge in [-0.1, -0.05) is 19.3 Å². The third-order valence-corrected chi connectivity index (χ3v) is 5.87. The van der Waals surface area contributed by atoms with Crippen molar-refractivity contribution in [3.63, 3.8) is 0 Å². The largest absolute Gasteiger partial charge is 0.299 e. The minimum atomic E-state index is 0.352. The van der Waals surface area contributed by atoms with Crippen LogP contribution in [0.2, 0.25) is 0 Å². The standard InChI is InChI=1S/C17H24N2O/c20-17(16-10-12-5-6-13(16)9-12)11-14-7-8-19(18-14)15-3-1-2-4-15/h7-8,12-13,15-16H,1-6,9-11H2. The summed E-state index contributed by atoms with van der Waals surface area (Å²) < 4.78 is 2.11. The molecular weight excluding hydrogens is 248 g/mol. The highest BCUT2D eigenvalue weighted by Gasteiger charge is 2.42. The van der Waals surface area contributed by atoms with Crippen LogP contribution in [-0.2, 0) is 11.2 Å². The van der Waals surface area contributed by atoms with E-state index >= 15 is 0 Å². The monoisotopic (exact) mass is 272 g/mol. The fourth-order valence-corrected chi connectivity index (χ4v) is 4.79. The normalized spacial score (nSPS) is 33.1. The van der Waals surface area contributed by atoms with Crippen LogP contribution in [0.5, 0.6) is 0 Å². The summed E-state index contributed by atoms with van der Waals surface area (Å²) in [5.74, 6) is 2.36. The van der Waals surface area contributed by atoms with E-state index in [0.717, 1.165) is 18.0 Å². The van der Waals surface area contributed by atoms with E-state index in [4.69, 9.17) is 0 Å². The van der Waals surface area contributed by atoms with Gasteiger partial charge in [0, 0.05) is 12.1 Å². The summed E-state index contributed by atoms with van der Waals surface area (Å²) >= 11 is 0. The van der Waals surface area contributed by atoms with Crippen molar-refractivity contribution >= 4 is 5.78 Å². The van der Waals surface area contributed by atoms with Gasteiger partial charge in [-0.15, -0.1) is 0 Å². The molecule has 3 aliphatic carbocycles. The van der Waals surface area contributed by atoms with Crippen LogP contribution in [0.15, 0.2) is 12.3 Å². The van der Waals surface area contributed by atoms with Crippen LogP contribution < -0.4 is 0 Å². The summed E-state index contributed by atoms with van der Waals surface area (Å²) in [7, 11) is 0. The maximum Gasteiger partial charge on any atom is 0.142 e. The van der Waals surface area contributed by atoms with Crippen LogP contribution in [0, 0.1) is 17.8 Å². The molecule has 0 amide bonds. The first-order valence-electron chi connectivity index (χ1n) is 8.36. The van der Waals surface area contributed by atoms with E-state index in [9.17, 15) is 4.79 Å². The van der Waals surface area contributed by atoms with Gasteiger partial charge in [0.15, 0.2) is 0 Å². The zero-order chi connectivity index (χ0) is 13.5. The molecule has 2 bridgehead atoms. The van der Waals surface area contributed by atoms with Gasteiger partial charge in [-0.25, -0.2) is 0 Å². The van der Waals surface area contributed by atoms with Crippen molar-refractivity contribution in [2.24, 2.45) is 17.8 Å². The molecule has 3 unspecified atom stereocenters. The summed E-state index contributed by atoms with van der Waals surface area (Å²) in [6, 6.07) is 2.64. The summed E-state index contributed by atoms with van der Waals surface area (Å²) in [4.78, 5) is 12.5. The van der Waals surface area contributed by atoms with Crippen molar-refractivity contribution in [2.75, 3.05) is 0 Å². The van der Waals surface area contributed by atoms with Gasteiger partial charge in [0.05, 0.1) is 18.2 Å². The molecule has 3 saturated carbocycles. The molecule has 3 nitrogen and oxygen atoms in total. The zero-order valence-electron chi connectivity index (χ0n) is 12.1. The van der Waals surface area contributed by atoms with Crippen molar-refractivity contribution in [3.05, 3.63) is 18.0 Å². The van der Waals surface area contributed by atoms with Crippen molar-refractivity contribution in [1.29, 1.82) is 0 Å². The van der Waals surface area contributed by atoms with E-state index < -0.39 is 0 Å². The summed E-state index contributed by atoms with van der Waals surface area (Å²) in [5.41, 5.74) is 0.990. The van der Waals surface area contributed by atoms with Gasteiger partial charge in [0.1, 0.15) is 5.78 Å². The van der Waals surface area contributed by atoms with Crippen LogP contribution >= 0.6 is 0 Å². The summed E-state index contributed by atoms with van der Waals surface area (Å²) in [6.45, 7) is 0. The van der Waals surface area contributed by atoms with Crippen molar-refractivity contribution in [2.45, 2.75) is 63.8 Å². The lowest BCUT2D eigenvalue weighted by atomic mass is 9.84. The van der Waals surface area contributed by atoms with E-state index in [0.29, 0.717) is 30.1 Å². The Balaban J connectivity index is 1.40. The molecule has 3 atom stereocenters. The Kier molecular flexibility index (Phi) is 3.16. The first-order chi connectivity index (χ1) is 9.79. The first kappa shape index (κ1) is 12.6. The number of aromatic nitrogens is 2. The number of carbonyl (C=O) groups is 1. The quantitative estimate of drug-likeness (QED) is 0.840. The molecule has 0 N–H and O–H groups in total. The van der Waals surface area contributed by atoms with Crippen LogP contribution in [0.3, 0.4) is 0 Å². The number of rotatable bonds is 4. The molecule has 4 rings (SSSR count). The average Bonchev–Trinajstić information content (AvgIpc) is 3.22. The maximum atomic E-state index is 12.5. The molecule has 0 spiro atoms. The lowest BCUT2D eigenvalue weighted by Gasteiger charge is -2.19. The molecule has 3 heteroatoms. The SMILES string of the molecule is O=C(Cc1ccn(C2CCCC2)n1)C1CC2CCC1C2. The molecule has 0 radical (unpaired) electrons. The third-order valence-electron chi connectivity index (χ3n) is 5.87.